The van der Waals surface area contributed by atoms with Crippen LogP contribution in [0.2, 0.25) is 0 Å². The van der Waals surface area contributed by atoms with E-state index >= 15 is 0 Å². The van der Waals surface area contributed by atoms with Gasteiger partial charge in [0, 0.05) is 17.7 Å². The van der Waals surface area contributed by atoms with Crippen LogP contribution in [-0.2, 0) is 6.42 Å². The van der Waals surface area contributed by atoms with E-state index in [2.05, 4.69) is 31.0 Å². The molecule has 1 aromatic heterocycles. The summed E-state index contributed by atoms with van der Waals surface area (Å²) >= 11 is 0. The molecule has 2 aromatic rings. The smallest absolute Gasteiger partial charge is 0.341 e. The molecule has 0 radical (unpaired) electrons. The number of hydrogen-bond acceptors (Lipinski definition) is 3. The number of carboxylic acid groups (broad SMARTS) is 1. The van der Waals surface area contributed by atoms with E-state index in [9.17, 15) is 14.4 Å². The third kappa shape index (κ3) is 2.89. The molecule has 124 valence electrons. The van der Waals surface area contributed by atoms with Gasteiger partial charge in [0.05, 0.1) is 0 Å². The Morgan fingerprint density at radius 2 is 1.83 bits per heavy atom. The lowest BCUT2D eigenvalue weighted by molar-refractivity contribution is 0.0695. The molecule has 0 saturated heterocycles. The van der Waals surface area contributed by atoms with E-state index in [1.165, 1.54) is 11.6 Å². The number of carbonyl (C=O) groups excluding carboxylic acids is 1. The summed E-state index contributed by atoms with van der Waals surface area (Å²) in [5.74, 6) is -1.01. The maximum absolute atomic E-state index is 12.4. The Morgan fingerprint density at radius 1 is 1.17 bits per heavy atom. The second-order valence-electron chi connectivity index (χ2n) is 6.56. The van der Waals surface area contributed by atoms with Crippen LogP contribution in [0.15, 0.2) is 35.1 Å². The predicted octanol–water partition coefficient (Wildman–Crippen LogP) is 3.11. The Bertz CT molecular complexity index is 862. The lowest BCUT2D eigenvalue weighted by Gasteiger charge is -2.24. The van der Waals surface area contributed by atoms with E-state index in [-0.39, 0.29) is 17.3 Å². The topological polar surface area (TPSA) is 87.2 Å². The van der Waals surface area contributed by atoms with Crippen molar-refractivity contribution >= 4 is 11.8 Å². The van der Waals surface area contributed by atoms with Gasteiger partial charge in [0.1, 0.15) is 5.56 Å². The van der Waals surface area contributed by atoms with Gasteiger partial charge in [-0.15, -0.1) is 0 Å². The third-order valence-corrected chi connectivity index (χ3v) is 4.61. The number of carboxylic acids is 1. The first-order valence-corrected chi connectivity index (χ1v) is 7.99. The van der Waals surface area contributed by atoms with Gasteiger partial charge < -0.3 is 10.1 Å². The number of aromatic carboxylic acids is 1. The van der Waals surface area contributed by atoms with Crippen molar-refractivity contribution in [3.8, 4) is 0 Å². The molecule has 1 atom stereocenters. The summed E-state index contributed by atoms with van der Waals surface area (Å²) in [5, 5.41) is 9.02. The Labute approximate surface area is 139 Å². The summed E-state index contributed by atoms with van der Waals surface area (Å²) in [5.41, 5.74) is 2.09. The van der Waals surface area contributed by atoms with Crippen LogP contribution in [0.5, 0.6) is 0 Å². The summed E-state index contributed by atoms with van der Waals surface area (Å²) < 4.78 is 0. The number of fused-ring (bicyclic) bond motifs is 1. The first-order chi connectivity index (χ1) is 11.4. The SMILES string of the molecule is CC(C)c1ccc([C@H]2CC(=O)c3cc(C(=O)O)c(=O)[nH]c3C2)cc1. The largest absolute Gasteiger partial charge is 0.477 e. The number of Topliss-reactive ketones (excluding diaryl/α,β-unsaturated/α-hetero) is 1. The van der Waals surface area contributed by atoms with E-state index in [0.717, 1.165) is 5.56 Å². The molecule has 1 aliphatic carbocycles. The molecule has 0 aliphatic heterocycles. The molecule has 1 aliphatic rings. The van der Waals surface area contributed by atoms with Crippen LogP contribution in [0.3, 0.4) is 0 Å². The molecule has 24 heavy (non-hydrogen) atoms. The van der Waals surface area contributed by atoms with Crippen LogP contribution in [0.25, 0.3) is 0 Å². The molecule has 0 spiro atoms. The van der Waals surface area contributed by atoms with E-state index in [1.54, 1.807) is 0 Å². The fraction of sp³-hybridized carbons (Fsp3) is 0.316. The molecule has 1 aromatic carbocycles. The lowest BCUT2D eigenvalue weighted by atomic mass is 9.81. The van der Waals surface area contributed by atoms with Crippen molar-refractivity contribution in [3.63, 3.8) is 0 Å². The van der Waals surface area contributed by atoms with E-state index < -0.39 is 11.5 Å². The van der Waals surface area contributed by atoms with Crippen molar-refractivity contribution in [1.82, 2.24) is 4.98 Å². The molecule has 0 fully saturated rings. The fourth-order valence-electron chi connectivity index (χ4n) is 3.18. The molecular weight excluding hydrogens is 306 g/mol. The molecule has 2 N–H and O–H groups in total. The molecule has 0 unspecified atom stereocenters. The van der Waals surface area contributed by atoms with Crippen LogP contribution >= 0.6 is 0 Å². The minimum Gasteiger partial charge on any atom is -0.477 e. The summed E-state index contributed by atoms with van der Waals surface area (Å²) in [6.45, 7) is 4.25. The lowest BCUT2D eigenvalue weighted by Crippen LogP contribution is -2.27. The average Bonchev–Trinajstić information content (AvgIpc) is 2.53. The highest BCUT2D eigenvalue weighted by Crippen LogP contribution is 2.32. The zero-order chi connectivity index (χ0) is 17.4. The summed E-state index contributed by atoms with van der Waals surface area (Å²) in [6.07, 6.45) is 0.844. The van der Waals surface area contributed by atoms with Gasteiger partial charge in [-0.2, -0.15) is 0 Å². The van der Waals surface area contributed by atoms with Crippen molar-refractivity contribution in [3.05, 3.63) is 68.6 Å². The van der Waals surface area contributed by atoms with Gasteiger partial charge in [0.2, 0.25) is 0 Å². The average molecular weight is 325 g/mol. The van der Waals surface area contributed by atoms with Gasteiger partial charge in [-0.1, -0.05) is 38.1 Å². The molecule has 0 amide bonds. The first-order valence-electron chi connectivity index (χ1n) is 7.99. The number of carbonyl (C=O) groups is 2. The molecule has 5 heteroatoms. The Morgan fingerprint density at radius 3 is 2.42 bits per heavy atom. The zero-order valence-electron chi connectivity index (χ0n) is 13.6. The van der Waals surface area contributed by atoms with Crippen molar-refractivity contribution in [2.24, 2.45) is 0 Å². The van der Waals surface area contributed by atoms with Gasteiger partial charge >= 0.3 is 5.97 Å². The normalized spacial score (nSPS) is 17.0. The minimum absolute atomic E-state index is 0.00228. The quantitative estimate of drug-likeness (QED) is 0.907. The Kier molecular flexibility index (Phi) is 4.09. The summed E-state index contributed by atoms with van der Waals surface area (Å²) in [6, 6.07) is 9.40. The maximum atomic E-state index is 12.4. The van der Waals surface area contributed by atoms with E-state index in [4.69, 9.17) is 5.11 Å². The number of benzene rings is 1. The van der Waals surface area contributed by atoms with Crippen molar-refractivity contribution in [1.29, 1.82) is 0 Å². The van der Waals surface area contributed by atoms with Gasteiger partial charge in [-0.25, -0.2) is 4.79 Å². The molecule has 0 bridgehead atoms. The number of rotatable bonds is 3. The second-order valence-corrected chi connectivity index (χ2v) is 6.56. The van der Waals surface area contributed by atoms with Gasteiger partial charge in [0.15, 0.2) is 5.78 Å². The number of nitrogens with one attached hydrogen (secondary N) is 1. The maximum Gasteiger partial charge on any atom is 0.341 e. The van der Waals surface area contributed by atoms with Gasteiger partial charge in [-0.3, -0.25) is 9.59 Å². The summed E-state index contributed by atoms with van der Waals surface area (Å²) in [7, 11) is 0. The van der Waals surface area contributed by atoms with Crippen molar-refractivity contribution in [2.45, 2.75) is 38.5 Å². The van der Waals surface area contributed by atoms with Crippen LogP contribution in [0.4, 0.5) is 0 Å². The highest BCUT2D eigenvalue weighted by atomic mass is 16.4. The highest BCUT2D eigenvalue weighted by molar-refractivity contribution is 6.00. The van der Waals surface area contributed by atoms with Crippen LogP contribution in [0.1, 0.15) is 69.6 Å². The van der Waals surface area contributed by atoms with Crippen LogP contribution < -0.4 is 5.56 Å². The number of ketones is 1. The Hall–Kier alpha value is -2.69. The zero-order valence-corrected chi connectivity index (χ0v) is 13.6. The number of aromatic nitrogens is 1. The minimum atomic E-state index is -1.32. The third-order valence-electron chi connectivity index (χ3n) is 4.61. The second kappa shape index (κ2) is 6.07. The van der Waals surface area contributed by atoms with Gasteiger partial charge in [-0.05, 0) is 35.4 Å². The molecule has 1 heterocycles. The van der Waals surface area contributed by atoms with Crippen molar-refractivity contribution < 1.29 is 14.7 Å². The molecule has 5 nitrogen and oxygen atoms in total. The number of H-pyrrole nitrogens is 1. The first kappa shape index (κ1) is 16.2. The van der Waals surface area contributed by atoms with Crippen LogP contribution in [0, 0.1) is 0 Å². The number of aromatic amines is 1. The van der Waals surface area contributed by atoms with E-state index in [1.807, 2.05) is 12.1 Å². The number of hydrogen-bond donors (Lipinski definition) is 2. The van der Waals surface area contributed by atoms with Crippen LogP contribution in [-0.4, -0.2) is 21.8 Å². The summed E-state index contributed by atoms with van der Waals surface area (Å²) in [4.78, 5) is 37.9. The monoisotopic (exact) mass is 325 g/mol. The highest BCUT2D eigenvalue weighted by Gasteiger charge is 2.28. The van der Waals surface area contributed by atoms with Crippen molar-refractivity contribution in [2.75, 3.05) is 0 Å². The van der Waals surface area contributed by atoms with Gasteiger partial charge in [0.25, 0.3) is 5.56 Å². The number of pyridine rings is 1. The fourth-order valence-corrected chi connectivity index (χ4v) is 3.18. The predicted molar refractivity (Wildman–Crippen MR) is 89.9 cm³/mol. The van der Waals surface area contributed by atoms with E-state index in [0.29, 0.717) is 30.0 Å². The molecular formula is C19H19NO4. The molecule has 3 rings (SSSR count). The Balaban J connectivity index is 1.94. The standard InChI is InChI=1S/C19H19NO4/c1-10(2)11-3-5-12(6-4-11)13-7-16-14(17(21)8-13)9-15(19(23)24)18(22)20-16/h3-6,9-10,13H,7-8H2,1-2H3,(H,20,22)(H,23,24)/t13-/m1/s1. The molecule has 0 saturated carbocycles.